The summed E-state index contributed by atoms with van der Waals surface area (Å²) in [5.41, 5.74) is 1.29. The molecule has 6 nitrogen and oxygen atoms in total. The van der Waals surface area contributed by atoms with Gasteiger partial charge in [-0.1, -0.05) is 36.8 Å². The molecule has 1 heterocycles. The second kappa shape index (κ2) is 13.8. The molecule has 0 aliphatic carbocycles. The normalized spacial score (nSPS) is 15.0. The fourth-order valence-electron chi connectivity index (χ4n) is 2.95. The molecular formula is C20H34IN5O. The average Bonchev–Trinajstić information content (AvgIpc) is 2.67. The molecule has 1 aliphatic rings. The smallest absolute Gasteiger partial charge is 0.243 e. The maximum Gasteiger partial charge on any atom is 0.243 e. The lowest BCUT2D eigenvalue weighted by Crippen LogP contribution is -2.43. The van der Waals surface area contributed by atoms with Crippen LogP contribution in [0.15, 0.2) is 35.3 Å². The van der Waals surface area contributed by atoms with Crippen LogP contribution in [0.1, 0.15) is 24.8 Å². The Morgan fingerprint density at radius 2 is 1.74 bits per heavy atom. The number of hydrogen-bond acceptors (Lipinski definition) is 3. The van der Waals surface area contributed by atoms with E-state index in [0.29, 0.717) is 5.96 Å². The molecule has 1 aromatic rings. The first-order valence-corrected chi connectivity index (χ1v) is 9.64. The van der Waals surface area contributed by atoms with Gasteiger partial charge in [-0.15, -0.1) is 24.0 Å². The molecule has 1 aliphatic heterocycles. The number of piperidine rings is 1. The third kappa shape index (κ3) is 9.95. The molecule has 152 valence electrons. The Labute approximate surface area is 180 Å². The largest absolute Gasteiger partial charge is 0.356 e. The van der Waals surface area contributed by atoms with E-state index in [1.54, 1.807) is 19.0 Å². The van der Waals surface area contributed by atoms with Crippen LogP contribution < -0.4 is 10.6 Å². The van der Waals surface area contributed by atoms with Crippen molar-refractivity contribution in [2.45, 2.75) is 25.7 Å². The van der Waals surface area contributed by atoms with Crippen LogP contribution in [-0.2, 0) is 11.2 Å². The van der Waals surface area contributed by atoms with Crippen molar-refractivity contribution in [2.75, 3.05) is 53.4 Å². The van der Waals surface area contributed by atoms with Crippen molar-refractivity contribution in [3.05, 3.63) is 35.9 Å². The van der Waals surface area contributed by atoms with Crippen LogP contribution >= 0.6 is 24.0 Å². The van der Waals surface area contributed by atoms with E-state index < -0.39 is 0 Å². The van der Waals surface area contributed by atoms with E-state index in [0.717, 1.165) is 26.1 Å². The Morgan fingerprint density at radius 3 is 2.41 bits per heavy atom. The van der Waals surface area contributed by atoms with Crippen molar-refractivity contribution in [3.8, 4) is 0 Å². The quantitative estimate of drug-likeness (QED) is 0.335. The van der Waals surface area contributed by atoms with Gasteiger partial charge in [-0.25, -0.2) is 4.99 Å². The lowest BCUT2D eigenvalue weighted by Gasteiger charge is -2.26. The second-order valence-corrected chi connectivity index (χ2v) is 6.94. The van der Waals surface area contributed by atoms with Gasteiger partial charge in [0.25, 0.3) is 0 Å². The summed E-state index contributed by atoms with van der Waals surface area (Å²) in [7, 11) is 3.51. The first-order valence-electron chi connectivity index (χ1n) is 9.64. The highest BCUT2D eigenvalue weighted by Gasteiger charge is 2.10. The summed E-state index contributed by atoms with van der Waals surface area (Å²) in [6.07, 6.45) is 4.88. The van der Waals surface area contributed by atoms with Crippen LogP contribution in [0.25, 0.3) is 0 Å². The van der Waals surface area contributed by atoms with Crippen molar-refractivity contribution < 1.29 is 4.79 Å². The Kier molecular flexibility index (Phi) is 12.1. The number of guanidine groups is 1. The van der Waals surface area contributed by atoms with Crippen LogP contribution in [0, 0.1) is 0 Å². The second-order valence-electron chi connectivity index (χ2n) is 6.94. The molecule has 0 spiro atoms. The zero-order valence-electron chi connectivity index (χ0n) is 16.6. The van der Waals surface area contributed by atoms with E-state index in [9.17, 15) is 4.79 Å². The van der Waals surface area contributed by atoms with Crippen molar-refractivity contribution in [1.29, 1.82) is 0 Å². The Hall–Kier alpha value is -1.35. The van der Waals surface area contributed by atoms with Crippen LogP contribution in [-0.4, -0.2) is 75.0 Å². The Morgan fingerprint density at radius 1 is 1.07 bits per heavy atom. The van der Waals surface area contributed by atoms with Gasteiger partial charge in [0.05, 0.1) is 0 Å². The zero-order valence-corrected chi connectivity index (χ0v) is 18.9. The SMILES string of the molecule is CN(C)C(=O)CN=C(NCCc1ccccc1)NCCN1CCCCC1.I. The van der Waals surface area contributed by atoms with Crippen molar-refractivity contribution in [2.24, 2.45) is 4.99 Å². The maximum absolute atomic E-state index is 11.8. The van der Waals surface area contributed by atoms with Gasteiger partial charge in [0.15, 0.2) is 5.96 Å². The number of likely N-dealkylation sites (N-methyl/N-ethyl adjacent to an activating group) is 1. The summed E-state index contributed by atoms with van der Waals surface area (Å²) in [4.78, 5) is 20.3. The molecule has 0 unspecified atom stereocenters. The summed E-state index contributed by atoms with van der Waals surface area (Å²) >= 11 is 0. The highest BCUT2D eigenvalue weighted by atomic mass is 127. The molecule has 0 saturated carbocycles. The third-order valence-corrected chi connectivity index (χ3v) is 4.59. The summed E-state index contributed by atoms with van der Waals surface area (Å²) in [6, 6.07) is 10.4. The lowest BCUT2D eigenvalue weighted by molar-refractivity contribution is -0.127. The minimum atomic E-state index is 0. The van der Waals surface area contributed by atoms with Crippen molar-refractivity contribution in [3.63, 3.8) is 0 Å². The molecule has 1 saturated heterocycles. The van der Waals surface area contributed by atoms with Gasteiger partial charge in [0.1, 0.15) is 6.54 Å². The molecule has 1 amide bonds. The molecule has 2 rings (SSSR count). The van der Waals surface area contributed by atoms with Crippen LogP contribution in [0.4, 0.5) is 0 Å². The molecule has 0 radical (unpaired) electrons. The topological polar surface area (TPSA) is 60.0 Å². The summed E-state index contributed by atoms with van der Waals surface area (Å²) in [5.74, 6) is 0.721. The number of nitrogens with one attached hydrogen (secondary N) is 2. The fourth-order valence-corrected chi connectivity index (χ4v) is 2.95. The first kappa shape index (κ1) is 23.7. The van der Waals surface area contributed by atoms with E-state index >= 15 is 0 Å². The van der Waals surface area contributed by atoms with E-state index in [1.807, 2.05) is 6.07 Å². The molecule has 7 heteroatoms. The number of aliphatic imine (C=N–C) groups is 1. The van der Waals surface area contributed by atoms with E-state index in [1.165, 1.54) is 37.9 Å². The molecule has 2 N–H and O–H groups in total. The summed E-state index contributed by atoms with van der Waals surface area (Å²) in [6.45, 7) is 5.19. The molecule has 1 fully saturated rings. The average molecular weight is 487 g/mol. The molecule has 0 atom stereocenters. The highest BCUT2D eigenvalue weighted by Crippen LogP contribution is 2.07. The van der Waals surface area contributed by atoms with Gasteiger partial charge in [-0.2, -0.15) is 0 Å². The lowest BCUT2D eigenvalue weighted by atomic mass is 10.1. The number of halogens is 1. The number of likely N-dealkylation sites (tertiary alicyclic amines) is 1. The molecule has 0 bridgehead atoms. The molecule has 1 aromatic carbocycles. The van der Waals surface area contributed by atoms with Crippen molar-refractivity contribution in [1.82, 2.24) is 20.4 Å². The van der Waals surface area contributed by atoms with Gasteiger partial charge in [-0.05, 0) is 37.9 Å². The zero-order chi connectivity index (χ0) is 18.6. The number of carbonyl (C=O) groups is 1. The predicted molar refractivity (Wildman–Crippen MR) is 123 cm³/mol. The van der Waals surface area contributed by atoms with Gasteiger partial charge < -0.3 is 20.4 Å². The van der Waals surface area contributed by atoms with Gasteiger partial charge in [-0.3, -0.25) is 4.79 Å². The number of carbonyl (C=O) groups excluding carboxylic acids is 1. The Bertz CT molecular complexity index is 559. The monoisotopic (exact) mass is 487 g/mol. The van der Waals surface area contributed by atoms with E-state index in [4.69, 9.17) is 0 Å². The molecule has 0 aromatic heterocycles. The van der Waals surface area contributed by atoms with Crippen LogP contribution in [0.5, 0.6) is 0 Å². The number of amides is 1. The number of nitrogens with zero attached hydrogens (tertiary/aromatic N) is 3. The predicted octanol–water partition coefficient (Wildman–Crippen LogP) is 1.96. The number of benzene rings is 1. The number of rotatable bonds is 8. The Balaban J connectivity index is 0.00000364. The van der Waals surface area contributed by atoms with Gasteiger partial charge in [0, 0.05) is 33.7 Å². The molecule has 27 heavy (non-hydrogen) atoms. The van der Waals surface area contributed by atoms with E-state index in [-0.39, 0.29) is 36.4 Å². The van der Waals surface area contributed by atoms with Crippen LogP contribution in [0.2, 0.25) is 0 Å². The highest BCUT2D eigenvalue weighted by molar-refractivity contribution is 14.0. The van der Waals surface area contributed by atoms with Gasteiger partial charge >= 0.3 is 0 Å². The van der Waals surface area contributed by atoms with Crippen molar-refractivity contribution >= 4 is 35.8 Å². The van der Waals surface area contributed by atoms with Crippen LogP contribution in [0.3, 0.4) is 0 Å². The first-order chi connectivity index (χ1) is 12.6. The minimum absolute atomic E-state index is 0. The standard InChI is InChI=1S/C20H33N5O.HI/c1-24(2)19(26)17-23-20(21-12-11-18-9-5-3-6-10-18)22-13-16-25-14-7-4-8-15-25;/h3,5-6,9-10H,4,7-8,11-17H2,1-2H3,(H2,21,22,23);1H. The minimum Gasteiger partial charge on any atom is -0.356 e. The third-order valence-electron chi connectivity index (χ3n) is 4.59. The maximum atomic E-state index is 11.8. The summed E-state index contributed by atoms with van der Waals surface area (Å²) in [5, 5.41) is 6.72. The van der Waals surface area contributed by atoms with Gasteiger partial charge in [0.2, 0.25) is 5.91 Å². The fraction of sp³-hybridized carbons (Fsp3) is 0.600. The summed E-state index contributed by atoms with van der Waals surface area (Å²) < 4.78 is 0. The van der Waals surface area contributed by atoms with E-state index in [2.05, 4.69) is 44.8 Å². The molecular weight excluding hydrogens is 453 g/mol. The number of hydrogen-bond donors (Lipinski definition) is 2.